The van der Waals surface area contributed by atoms with Gasteiger partial charge in [0, 0.05) is 34.0 Å². The summed E-state index contributed by atoms with van der Waals surface area (Å²) in [5, 5.41) is 21.5. The summed E-state index contributed by atoms with van der Waals surface area (Å²) in [6, 6.07) is 7.17. The molecule has 2 heterocycles. The minimum atomic E-state index is -2.12. The number of aryl methyl sites for hydroxylation is 1. The molecule has 2 aromatic rings. The van der Waals surface area contributed by atoms with Gasteiger partial charge in [-0.3, -0.25) is 9.82 Å². The van der Waals surface area contributed by atoms with Gasteiger partial charge in [0.05, 0.1) is 6.61 Å². The molecule has 1 aliphatic carbocycles. The molecule has 1 aromatic carbocycles. The first-order valence-electron chi connectivity index (χ1n) is 10.3. The van der Waals surface area contributed by atoms with Gasteiger partial charge in [-0.1, -0.05) is 43.0 Å². The zero-order chi connectivity index (χ0) is 22.2. The molecule has 1 saturated carbocycles. The van der Waals surface area contributed by atoms with Crippen molar-refractivity contribution >= 4 is 17.6 Å². The maximum absolute atomic E-state index is 12.7. The van der Waals surface area contributed by atoms with Crippen molar-refractivity contribution in [3.63, 3.8) is 0 Å². The normalized spacial score (nSPS) is 20.6. The molecule has 1 fully saturated rings. The molecule has 2 aliphatic rings. The van der Waals surface area contributed by atoms with E-state index in [1.807, 2.05) is 12.1 Å². The van der Waals surface area contributed by atoms with E-state index >= 15 is 0 Å². The van der Waals surface area contributed by atoms with Crippen LogP contribution in [0.1, 0.15) is 66.2 Å². The quantitative estimate of drug-likeness (QED) is 0.504. The average molecular weight is 447 g/mol. The number of ether oxygens (including phenoxy) is 1. The summed E-state index contributed by atoms with van der Waals surface area (Å²) < 4.78 is 6.01. The maximum Gasteiger partial charge on any atom is 0.341 e. The number of carboxylic acid groups (broad SMARTS) is 1. The largest absolute Gasteiger partial charge is 0.479 e. The smallest absolute Gasteiger partial charge is 0.341 e. The Balaban J connectivity index is 1.89. The Morgan fingerprint density at radius 1 is 1.29 bits per heavy atom. The first kappa shape index (κ1) is 21.5. The van der Waals surface area contributed by atoms with Crippen LogP contribution < -0.4 is 0 Å². The van der Waals surface area contributed by atoms with E-state index in [2.05, 4.69) is 4.98 Å². The molecule has 2 atom stereocenters. The third-order valence-electron chi connectivity index (χ3n) is 6.35. The summed E-state index contributed by atoms with van der Waals surface area (Å²) in [4.78, 5) is 33.7. The summed E-state index contributed by atoms with van der Waals surface area (Å²) in [7, 11) is 0. The number of pyridine rings is 1. The first-order valence-corrected chi connectivity index (χ1v) is 10.6. The van der Waals surface area contributed by atoms with Crippen molar-refractivity contribution in [1.82, 2.24) is 4.98 Å². The first-order chi connectivity index (χ1) is 14.8. The summed E-state index contributed by atoms with van der Waals surface area (Å²) >= 11 is 5.99. The Morgan fingerprint density at radius 2 is 1.97 bits per heavy atom. The van der Waals surface area contributed by atoms with Crippen LogP contribution in [0.4, 0.5) is 0 Å². The van der Waals surface area contributed by atoms with E-state index in [0.717, 1.165) is 24.8 Å². The third kappa shape index (κ3) is 3.74. The van der Waals surface area contributed by atoms with Crippen LogP contribution in [-0.2, 0) is 26.6 Å². The van der Waals surface area contributed by atoms with Crippen LogP contribution in [0.25, 0.3) is 0 Å². The topological polar surface area (TPSA) is 112 Å². The van der Waals surface area contributed by atoms with Crippen molar-refractivity contribution in [1.29, 1.82) is 0 Å². The highest BCUT2D eigenvalue weighted by molar-refractivity contribution is 6.30. The highest BCUT2D eigenvalue weighted by atomic mass is 35.5. The monoisotopic (exact) mass is 446 g/mol. The zero-order valence-corrected chi connectivity index (χ0v) is 17.8. The van der Waals surface area contributed by atoms with Gasteiger partial charge in [0.15, 0.2) is 0 Å². The Morgan fingerprint density at radius 3 is 2.58 bits per heavy atom. The Hall–Kier alpha value is -2.71. The predicted octanol–water partition coefficient (Wildman–Crippen LogP) is 4.73. The van der Waals surface area contributed by atoms with Crippen molar-refractivity contribution in [3.05, 3.63) is 73.5 Å². The van der Waals surface area contributed by atoms with E-state index in [1.165, 1.54) is 0 Å². The molecule has 8 nitrogen and oxygen atoms in total. The number of hydrogen-bond acceptors (Lipinski definition) is 6. The number of benzene rings is 1. The molecule has 1 N–H and O–H groups in total. The highest BCUT2D eigenvalue weighted by Crippen LogP contribution is 2.48. The zero-order valence-electron chi connectivity index (χ0n) is 17.0. The van der Waals surface area contributed by atoms with Crippen LogP contribution in [0.15, 0.2) is 30.5 Å². The van der Waals surface area contributed by atoms with Gasteiger partial charge in [-0.25, -0.2) is 4.79 Å². The van der Waals surface area contributed by atoms with Gasteiger partial charge < -0.3 is 9.84 Å². The molecule has 1 unspecified atom stereocenters. The molecular formula is C22H23ClN2O6. The fraction of sp³-hybridized carbons (Fsp3) is 0.455. The lowest BCUT2D eigenvalue weighted by molar-refractivity contribution is -0.782. The number of carboxylic acids is 1. The summed E-state index contributed by atoms with van der Waals surface area (Å²) in [5.74, 6) is -1.91. The van der Waals surface area contributed by atoms with Crippen LogP contribution in [0, 0.1) is 23.0 Å². The Kier molecular flexibility index (Phi) is 5.85. The van der Waals surface area contributed by atoms with Crippen LogP contribution in [0.3, 0.4) is 0 Å². The van der Waals surface area contributed by atoms with Gasteiger partial charge in [-0.05, 0) is 43.0 Å². The second-order valence-electron chi connectivity index (χ2n) is 8.09. The van der Waals surface area contributed by atoms with Crippen molar-refractivity contribution in [3.8, 4) is 0 Å². The van der Waals surface area contributed by atoms with E-state index in [-0.39, 0.29) is 12.2 Å². The number of nitrogens with zero attached hydrogens (tertiary/aromatic N) is 2. The molecule has 0 amide bonds. The number of rotatable bonds is 6. The van der Waals surface area contributed by atoms with Gasteiger partial charge in [0.2, 0.25) is 5.60 Å². The maximum atomic E-state index is 12.7. The van der Waals surface area contributed by atoms with E-state index in [4.69, 9.17) is 21.2 Å². The van der Waals surface area contributed by atoms with E-state index in [1.54, 1.807) is 25.3 Å². The summed E-state index contributed by atoms with van der Waals surface area (Å²) in [5.41, 5.74) is 0.656. The lowest BCUT2D eigenvalue weighted by Gasteiger charge is -2.38. The van der Waals surface area contributed by atoms with Crippen LogP contribution in [0.5, 0.6) is 0 Å². The van der Waals surface area contributed by atoms with Crippen LogP contribution in [0.2, 0.25) is 5.02 Å². The standard InChI is InChI=1S/C22H23ClN2O6/c1-13-19(22(21(26)27,31-25(28)29)15-5-3-2-4-6-15)18-12-30-20(17(18)11-24-13)14-7-9-16(23)10-8-14/h7-11,15,20H,2-6,12H2,1H3,(H,26,27)/t20-,22?/m1/s1. The number of halogens is 1. The minimum absolute atomic E-state index is 0.115. The van der Waals surface area contributed by atoms with Gasteiger partial charge in [-0.15, -0.1) is 10.1 Å². The lowest BCUT2D eigenvalue weighted by Crippen LogP contribution is -2.49. The molecule has 1 aromatic heterocycles. The van der Waals surface area contributed by atoms with E-state index < -0.39 is 28.7 Å². The number of fused-ring (bicyclic) bond motifs is 1. The van der Waals surface area contributed by atoms with Crippen molar-refractivity contribution in [2.24, 2.45) is 5.92 Å². The molecule has 9 heteroatoms. The fourth-order valence-electron chi connectivity index (χ4n) is 4.99. The molecule has 31 heavy (non-hydrogen) atoms. The second-order valence-corrected chi connectivity index (χ2v) is 8.52. The average Bonchev–Trinajstić information content (AvgIpc) is 3.17. The van der Waals surface area contributed by atoms with Gasteiger partial charge in [0.25, 0.3) is 5.09 Å². The molecule has 0 bridgehead atoms. The Bertz CT molecular complexity index is 1010. The fourth-order valence-corrected chi connectivity index (χ4v) is 5.11. The summed E-state index contributed by atoms with van der Waals surface area (Å²) in [6.07, 6.45) is 4.82. The van der Waals surface area contributed by atoms with Crippen LogP contribution in [-0.4, -0.2) is 21.1 Å². The number of carbonyl (C=O) groups is 1. The van der Waals surface area contributed by atoms with Gasteiger partial charge in [0.1, 0.15) is 6.10 Å². The lowest BCUT2D eigenvalue weighted by atomic mass is 9.71. The number of hydrogen-bond donors (Lipinski definition) is 1. The Labute approximate surface area is 184 Å². The van der Waals surface area contributed by atoms with Crippen LogP contribution >= 0.6 is 11.6 Å². The van der Waals surface area contributed by atoms with Crippen molar-refractivity contribution in [2.45, 2.75) is 57.3 Å². The second kappa shape index (κ2) is 8.43. The summed E-state index contributed by atoms with van der Waals surface area (Å²) in [6.45, 7) is 1.78. The van der Waals surface area contributed by atoms with Gasteiger partial charge >= 0.3 is 5.97 Å². The molecule has 4 rings (SSSR count). The highest BCUT2D eigenvalue weighted by Gasteiger charge is 2.55. The molecular weight excluding hydrogens is 424 g/mol. The molecule has 0 radical (unpaired) electrons. The predicted molar refractivity (Wildman–Crippen MR) is 111 cm³/mol. The molecule has 0 saturated heterocycles. The minimum Gasteiger partial charge on any atom is -0.479 e. The molecule has 1 aliphatic heterocycles. The number of aromatic nitrogens is 1. The van der Waals surface area contributed by atoms with Gasteiger partial charge in [-0.2, -0.15) is 0 Å². The van der Waals surface area contributed by atoms with E-state index in [9.17, 15) is 20.0 Å². The third-order valence-corrected chi connectivity index (χ3v) is 6.60. The molecule has 164 valence electrons. The van der Waals surface area contributed by atoms with E-state index in [0.29, 0.717) is 34.7 Å². The van der Waals surface area contributed by atoms with Crippen molar-refractivity contribution in [2.75, 3.05) is 0 Å². The number of aliphatic carboxylic acids is 1. The molecule has 0 spiro atoms. The van der Waals surface area contributed by atoms with Crippen molar-refractivity contribution < 1.29 is 24.6 Å². The SMILES string of the molecule is Cc1ncc2c(c1C(O[N+](=O)[O-])(C(=O)O)C1CCCCC1)CO[C@@H]2c1ccc(Cl)cc1.